The molecular weight excluding hydrogens is 306 g/mol. The Bertz CT molecular complexity index is 534. The van der Waals surface area contributed by atoms with Crippen LogP contribution in [-0.4, -0.2) is 16.5 Å². The molecule has 1 aromatic heterocycles. The molecule has 0 atom stereocenters. The molecule has 0 aliphatic carbocycles. The largest absolute Gasteiger partial charge is 0.473 e. The van der Waals surface area contributed by atoms with Crippen molar-refractivity contribution in [2.75, 3.05) is 11.9 Å². The lowest BCUT2D eigenvalue weighted by Crippen LogP contribution is -2.05. The third kappa shape index (κ3) is 4.21. The van der Waals surface area contributed by atoms with Gasteiger partial charge in [-0.1, -0.05) is 41.1 Å². The molecule has 0 saturated heterocycles. The third-order valence-corrected chi connectivity index (χ3v) is 3.27. The van der Waals surface area contributed by atoms with Crippen LogP contribution in [-0.2, 0) is 6.61 Å². The van der Waals surface area contributed by atoms with Gasteiger partial charge in [-0.2, -0.15) is 4.98 Å². The molecule has 1 aromatic carbocycles. The molecule has 100 valence electrons. The summed E-state index contributed by atoms with van der Waals surface area (Å²) in [5.74, 6) is 1.18. The van der Waals surface area contributed by atoms with E-state index in [-0.39, 0.29) is 0 Å². The van der Waals surface area contributed by atoms with Crippen LogP contribution in [0.5, 0.6) is 5.88 Å². The third-order valence-electron chi connectivity index (χ3n) is 2.50. The summed E-state index contributed by atoms with van der Waals surface area (Å²) in [6, 6.07) is 9.73. The minimum atomic E-state index is 0.478. The van der Waals surface area contributed by atoms with Gasteiger partial charge in [0.25, 0.3) is 0 Å². The molecule has 2 aromatic rings. The summed E-state index contributed by atoms with van der Waals surface area (Å²) in [7, 11) is 0. The maximum absolute atomic E-state index is 5.67. The van der Waals surface area contributed by atoms with Crippen LogP contribution in [0.2, 0.25) is 0 Å². The van der Waals surface area contributed by atoms with Gasteiger partial charge in [-0.15, -0.1) is 0 Å². The Labute approximate surface area is 121 Å². The average molecular weight is 322 g/mol. The molecule has 4 nitrogen and oxygen atoms in total. The summed E-state index contributed by atoms with van der Waals surface area (Å²) >= 11 is 3.49. The Morgan fingerprint density at radius 3 is 2.89 bits per heavy atom. The van der Waals surface area contributed by atoms with E-state index in [4.69, 9.17) is 4.74 Å². The Hall–Kier alpha value is -1.62. The molecule has 19 heavy (non-hydrogen) atoms. The van der Waals surface area contributed by atoms with Gasteiger partial charge in [-0.25, -0.2) is 4.98 Å². The Morgan fingerprint density at radius 1 is 1.26 bits per heavy atom. The normalized spacial score (nSPS) is 10.2. The van der Waals surface area contributed by atoms with Crippen molar-refractivity contribution in [3.05, 3.63) is 46.6 Å². The lowest BCUT2D eigenvalue weighted by molar-refractivity contribution is 0.293. The van der Waals surface area contributed by atoms with Crippen LogP contribution >= 0.6 is 15.9 Å². The van der Waals surface area contributed by atoms with Gasteiger partial charge in [0.05, 0.1) is 0 Å². The van der Waals surface area contributed by atoms with Crippen LogP contribution in [0.3, 0.4) is 0 Å². The van der Waals surface area contributed by atoms with Crippen LogP contribution in [0.1, 0.15) is 18.9 Å². The average Bonchev–Trinajstić information content (AvgIpc) is 2.45. The quantitative estimate of drug-likeness (QED) is 0.882. The maximum atomic E-state index is 5.67. The van der Waals surface area contributed by atoms with Crippen LogP contribution < -0.4 is 10.1 Å². The fourth-order valence-corrected chi connectivity index (χ4v) is 1.91. The van der Waals surface area contributed by atoms with Gasteiger partial charge in [-0.05, 0) is 12.5 Å². The van der Waals surface area contributed by atoms with Gasteiger partial charge < -0.3 is 10.1 Å². The molecule has 0 spiro atoms. The van der Waals surface area contributed by atoms with E-state index in [9.17, 15) is 0 Å². The van der Waals surface area contributed by atoms with Crippen molar-refractivity contribution < 1.29 is 4.74 Å². The number of nitrogens with zero attached hydrogens (tertiary/aromatic N) is 2. The van der Waals surface area contributed by atoms with Gasteiger partial charge in [0, 0.05) is 28.8 Å². The van der Waals surface area contributed by atoms with E-state index in [0.29, 0.717) is 18.4 Å². The Morgan fingerprint density at radius 2 is 2.11 bits per heavy atom. The van der Waals surface area contributed by atoms with Gasteiger partial charge >= 0.3 is 0 Å². The molecule has 2 rings (SSSR count). The summed E-state index contributed by atoms with van der Waals surface area (Å²) in [4.78, 5) is 8.43. The first-order chi connectivity index (χ1) is 9.29. The molecular formula is C14H16BrN3O. The minimum absolute atomic E-state index is 0.478. The fraction of sp³-hybridized carbons (Fsp3) is 0.286. The van der Waals surface area contributed by atoms with Crippen molar-refractivity contribution in [3.8, 4) is 5.88 Å². The van der Waals surface area contributed by atoms with Crippen molar-refractivity contribution in [2.24, 2.45) is 0 Å². The van der Waals surface area contributed by atoms with E-state index in [1.54, 1.807) is 12.3 Å². The van der Waals surface area contributed by atoms with E-state index in [1.165, 1.54) is 0 Å². The fourth-order valence-electron chi connectivity index (χ4n) is 1.51. The molecule has 1 N–H and O–H groups in total. The van der Waals surface area contributed by atoms with Crippen molar-refractivity contribution in [1.82, 2.24) is 9.97 Å². The standard InChI is InChI=1S/C14H16BrN3O/c1-2-8-16-14-17-9-7-13(18-14)19-10-11-5-3-4-6-12(11)15/h3-7,9H,2,8,10H2,1H3,(H,16,17,18). The van der Waals surface area contributed by atoms with E-state index < -0.39 is 0 Å². The van der Waals surface area contributed by atoms with Gasteiger partial charge in [-0.3, -0.25) is 0 Å². The SMILES string of the molecule is CCCNc1nccc(OCc2ccccc2Br)n1. The second-order valence-corrected chi connectivity index (χ2v) is 4.88. The number of hydrogen-bond acceptors (Lipinski definition) is 4. The van der Waals surface area contributed by atoms with Crippen LogP contribution in [0.25, 0.3) is 0 Å². The molecule has 0 radical (unpaired) electrons. The van der Waals surface area contributed by atoms with Gasteiger partial charge in [0.15, 0.2) is 0 Å². The number of benzene rings is 1. The lowest BCUT2D eigenvalue weighted by Gasteiger charge is -2.08. The number of aromatic nitrogens is 2. The highest BCUT2D eigenvalue weighted by molar-refractivity contribution is 9.10. The van der Waals surface area contributed by atoms with Crippen LogP contribution in [0.4, 0.5) is 5.95 Å². The van der Waals surface area contributed by atoms with Crippen molar-refractivity contribution >= 4 is 21.9 Å². The van der Waals surface area contributed by atoms with Crippen LogP contribution in [0.15, 0.2) is 41.0 Å². The van der Waals surface area contributed by atoms with Crippen molar-refractivity contribution in [1.29, 1.82) is 0 Å². The van der Waals surface area contributed by atoms with Crippen molar-refractivity contribution in [2.45, 2.75) is 20.0 Å². The van der Waals surface area contributed by atoms with E-state index in [2.05, 4.69) is 38.1 Å². The van der Waals surface area contributed by atoms with Gasteiger partial charge in [0.2, 0.25) is 11.8 Å². The van der Waals surface area contributed by atoms with Crippen LogP contribution in [0, 0.1) is 0 Å². The monoisotopic (exact) mass is 321 g/mol. The number of anilines is 1. The molecule has 0 aliphatic heterocycles. The van der Waals surface area contributed by atoms with E-state index >= 15 is 0 Å². The Kier molecular flexibility index (Phi) is 5.15. The molecule has 0 aliphatic rings. The number of rotatable bonds is 6. The predicted octanol–water partition coefficient (Wildman–Crippen LogP) is 3.64. The molecule has 5 heteroatoms. The molecule has 0 fully saturated rings. The maximum Gasteiger partial charge on any atom is 0.225 e. The zero-order valence-corrected chi connectivity index (χ0v) is 12.4. The summed E-state index contributed by atoms with van der Waals surface area (Å²) in [5.41, 5.74) is 1.09. The number of nitrogens with one attached hydrogen (secondary N) is 1. The lowest BCUT2D eigenvalue weighted by atomic mass is 10.2. The first kappa shape index (κ1) is 13.8. The topological polar surface area (TPSA) is 47.0 Å². The zero-order chi connectivity index (χ0) is 13.5. The summed E-state index contributed by atoms with van der Waals surface area (Å²) < 4.78 is 6.71. The molecule has 0 unspecified atom stereocenters. The first-order valence-corrected chi connectivity index (χ1v) is 7.02. The first-order valence-electron chi connectivity index (χ1n) is 6.22. The van der Waals surface area contributed by atoms with E-state index in [0.717, 1.165) is 23.0 Å². The number of hydrogen-bond donors (Lipinski definition) is 1. The predicted molar refractivity (Wildman–Crippen MR) is 79.3 cm³/mol. The highest BCUT2D eigenvalue weighted by Crippen LogP contribution is 2.18. The number of halogens is 1. The molecule has 0 bridgehead atoms. The molecule has 1 heterocycles. The highest BCUT2D eigenvalue weighted by Gasteiger charge is 2.02. The second kappa shape index (κ2) is 7.09. The molecule has 0 amide bonds. The minimum Gasteiger partial charge on any atom is -0.473 e. The second-order valence-electron chi connectivity index (χ2n) is 4.03. The summed E-state index contributed by atoms with van der Waals surface area (Å²) in [6.45, 7) is 3.43. The highest BCUT2D eigenvalue weighted by atomic mass is 79.9. The molecule has 0 saturated carbocycles. The summed E-state index contributed by atoms with van der Waals surface area (Å²) in [6.07, 6.45) is 2.73. The van der Waals surface area contributed by atoms with Gasteiger partial charge in [0.1, 0.15) is 6.61 Å². The number of ether oxygens (including phenoxy) is 1. The zero-order valence-electron chi connectivity index (χ0n) is 10.8. The summed E-state index contributed by atoms with van der Waals surface area (Å²) in [5, 5.41) is 3.13. The Balaban J connectivity index is 1.98. The van der Waals surface area contributed by atoms with E-state index in [1.807, 2.05) is 24.3 Å². The van der Waals surface area contributed by atoms with Crippen molar-refractivity contribution in [3.63, 3.8) is 0 Å². The smallest absolute Gasteiger partial charge is 0.225 e.